The van der Waals surface area contributed by atoms with Crippen LogP contribution in [0.1, 0.15) is 41.4 Å². The van der Waals surface area contributed by atoms with E-state index >= 15 is 0 Å². The molecule has 1 aliphatic rings. The van der Waals surface area contributed by atoms with E-state index in [4.69, 9.17) is 9.52 Å². The van der Waals surface area contributed by atoms with Gasteiger partial charge in [0.2, 0.25) is 16.6 Å². The van der Waals surface area contributed by atoms with Gasteiger partial charge >= 0.3 is 6.09 Å². The maximum absolute atomic E-state index is 13.5. The van der Waals surface area contributed by atoms with Crippen molar-refractivity contribution in [2.75, 3.05) is 26.7 Å². The number of carboxylic acid groups (broad SMARTS) is 1. The van der Waals surface area contributed by atoms with Crippen molar-refractivity contribution in [3.05, 3.63) is 53.0 Å². The lowest BCUT2D eigenvalue weighted by Gasteiger charge is -2.31. The van der Waals surface area contributed by atoms with Gasteiger partial charge in [0.15, 0.2) is 0 Å². The standard InChI is InChI=1S/C25H29FN4O6S/c1-3-16-12-19-21(23(31)27-2)22(17-4-6-18(26)7-5-17)36-24(19)28-20(16)14-30(37(34)35)13-15-8-10-29(11-9-15)25(32)33/h4-7,12,15,37H,3,8-11,13-14H2,1-2H3,(H,27,31)(H,32,33). The van der Waals surface area contributed by atoms with Crippen LogP contribution in [0.15, 0.2) is 34.7 Å². The number of rotatable bonds is 8. The molecule has 2 N–H and O–H groups in total. The van der Waals surface area contributed by atoms with E-state index in [2.05, 4.69) is 10.3 Å². The van der Waals surface area contributed by atoms with Crippen molar-refractivity contribution in [1.82, 2.24) is 19.5 Å². The number of likely N-dealkylation sites (tertiary alicyclic amines) is 1. The normalized spacial score (nSPS) is 14.6. The Morgan fingerprint density at radius 1 is 1.24 bits per heavy atom. The van der Waals surface area contributed by atoms with Crippen LogP contribution in [0.25, 0.3) is 22.4 Å². The summed E-state index contributed by atoms with van der Waals surface area (Å²) in [6, 6.07) is 7.37. The summed E-state index contributed by atoms with van der Waals surface area (Å²) in [6.07, 6.45) is 0.731. The van der Waals surface area contributed by atoms with Crippen molar-refractivity contribution in [3.63, 3.8) is 0 Å². The average molecular weight is 533 g/mol. The van der Waals surface area contributed by atoms with Crippen molar-refractivity contribution in [2.45, 2.75) is 32.7 Å². The van der Waals surface area contributed by atoms with E-state index in [1.165, 1.54) is 40.5 Å². The van der Waals surface area contributed by atoms with Crippen molar-refractivity contribution < 1.29 is 31.9 Å². The van der Waals surface area contributed by atoms with Gasteiger partial charge in [-0.05, 0) is 61.1 Å². The van der Waals surface area contributed by atoms with E-state index < -0.39 is 22.8 Å². The number of thiol groups is 1. The zero-order valence-electron chi connectivity index (χ0n) is 20.6. The first-order chi connectivity index (χ1) is 17.7. The van der Waals surface area contributed by atoms with Gasteiger partial charge in [0.05, 0.1) is 23.2 Å². The van der Waals surface area contributed by atoms with E-state index in [9.17, 15) is 22.4 Å². The average Bonchev–Trinajstić information content (AvgIpc) is 3.26. The monoisotopic (exact) mass is 532 g/mol. The topological polar surface area (TPSA) is 133 Å². The van der Waals surface area contributed by atoms with Crippen LogP contribution in [0.2, 0.25) is 0 Å². The molecule has 10 nitrogen and oxygen atoms in total. The summed E-state index contributed by atoms with van der Waals surface area (Å²) in [6.45, 7) is 2.94. The predicted octanol–water partition coefficient (Wildman–Crippen LogP) is 3.27. The van der Waals surface area contributed by atoms with Crippen molar-refractivity contribution in [2.24, 2.45) is 5.92 Å². The van der Waals surface area contributed by atoms with Crippen LogP contribution in [0.5, 0.6) is 0 Å². The third-order valence-corrected chi connectivity index (χ3v) is 7.48. The van der Waals surface area contributed by atoms with E-state index in [0.29, 0.717) is 49.0 Å². The van der Waals surface area contributed by atoms with E-state index in [0.717, 1.165) is 5.56 Å². The maximum Gasteiger partial charge on any atom is 0.407 e. The minimum Gasteiger partial charge on any atom is -0.465 e. The number of fused-ring (bicyclic) bond motifs is 1. The predicted molar refractivity (Wildman–Crippen MR) is 135 cm³/mol. The zero-order chi connectivity index (χ0) is 26.7. The second-order valence-corrected chi connectivity index (χ2v) is 10.0. The molecule has 1 fully saturated rings. The van der Waals surface area contributed by atoms with E-state index in [1.807, 2.05) is 6.92 Å². The fraction of sp³-hybridized carbons (Fsp3) is 0.400. The van der Waals surface area contributed by atoms with Crippen LogP contribution in [0.4, 0.5) is 9.18 Å². The van der Waals surface area contributed by atoms with Gasteiger partial charge in [-0.1, -0.05) is 6.92 Å². The first-order valence-electron chi connectivity index (χ1n) is 12.0. The number of hydrogen-bond acceptors (Lipinski definition) is 6. The molecule has 1 aliphatic heterocycles. The SMILES string of the molecule is CCc1cc2c(C(=O)NC)c(-c3ccc(F)cc3)oc2nc1CN(CC1CCN(C(=O)O)CC1)[SH](=O)=O. The van der Waals surface area contributed by atoms with Crippen LogP contribution in [0.3, 0.4) is 0 Å². The lowest BCUT2D eigenvalue weighted by Crippen LogP contribution is -2.40. The van der Waals surface area contributed by atoms with Crippen molar-refractivity contribution in [3.8, 4) is 11.3 Å². The molecule has 4 rings (SSSR count). The lowest BCUT2D eigenvalue weighted by atomic mass is 9.97. The van der Waals surface area contributed by atoms with Gasteiger partial charge in [0.25, 0.3) is 5.91 Å². The summed E-state index contributed by atoms with van der Waals surface area (Å²) in [4.78, 5) is 29.9. The highest BCUT2D eigenvalue weighted by atomic mass is 32.2. The van der Waals surface area contributed by atoms with Gasteiger partial charge in [0.1, 0.15) is 11.6 Å². The Balaban J connectivity index is 1.68. The number of pyridine rings is 1. The molecule has 3 aromatic rings. The molecule has 37 heavy (non-hydrogen) atoms. The number of piperidine rings is 1. The van der Waals surface area contributed by atoms with E-state index in [1.54, 1.807) is 6.07 Å². The van der Waals surface area contributed by atoms with Crippen molar-refractivity contribution in [1.29, 1.82) is 0 Å². The van der Waals surface area contributed by atoms with Gasteiger partial charge in [-0.3, -0.25) is 4.79 Å². The highest BCUT2D eigenvalue weighted by Crippen LogP contribution is 2.34. The second kappa shape index (κ2) is 11.3. The number of aryl methyl sites for hydroxylation is 1. The van der Waals surface area contributed by atoms with Crippen LogP contribution in [-0.2, 0) is 23.9 Å². The summed E-state index contributed by atoms with van der Waals surface area (Å²) in [5.41, 5.74) is 2.25. The third kappa shape index (κ3) is 5.75. The van der Waals surface area contributed by atoms with Crippen LogP contribution in [-0.4, -0.2) is 66.4 Å². The number of aromatic nitrogens is 1. The number of furan rings is 1. The Kier molecular flexibility index (Phi) is 8.08. The molecule has 12 heteroatoms. The second-order valence-electron chi connectivity index (χ2n) is 8.99. The molecule has 3 heterocycles. The Labute approximate surface area is 215 Å². The summed E-state index contributed by atoms with van der Waals surface area (Å²) in [5, 5.41) is 12.2. The number of halogens is 1. The number of hydrogen-bond donors (Lipinski definition) is 3. The highest BCUT2D eigenvalue weighted by molar-refractivity contribution is 7.69. The molecule has 0 atom stereocenters. The number of carbonyl (C=O) groups excluding carboxylic acids is 1. The summed E-state index contributed by atoms with van der Waals surface area (Å²) >= 11 is 0. The smallest absolute Gasteiger partial charge is 0.407 e. The molecule has 1 aromatic carbocycles. The Morgan fingerprint density at radius 3 is 2.49 bits per heavy atom. The number of amides is 2. The lowest BCUT2D eigenvalue weighted by molar-refractivity contribution is 0.0964. The Bertz CT molecular complexity index is 1370. The van der Waals surface area contributed by atoms with Crippen LogP contribution >= 0.6 is 0 Å². The largest absolute Gasteiger partial charge is 0.465 e. The Morgan fingerprint density at radius 2 is 1.92 bits per heavy atom. The Hall–Kier alpha value is -3.51. The van der Waals surface area contributed by atoms with Gasteiger partial charge in [-0.25, -0.2) is 22.6 Å². The molecule has 0 saturated carbocycles. The van der Waals surface area contributed by atoms with Crippen LogP contribution in [0, 0.1) is 11.7 Å². The number of nitrogens with zero attached hydrogens (tertiary/aromatic N) is 3. The summed E-state index contributed by atoms with van der Waals surface area (Å²) in [5.74, 6) is -0.522. The first-order valence-corrected chi connectivity index (χ1v) is 13.1. The van der Waals surface area contributed by atoms with Gasteiger partial charge in [0, 0.05) is 32.2 Å². The molecule has 2 aromatic heterocycles. The fourth-order valence-corrected chi connectivity index (χ4v) is 5.28. The van der Waals surface area contributed by atoms with E-state index in [-0.39, 0.29) is 42.0 Å². The summed E-state index contributed by atoms with van der Waals surface area (Å²) in [7, 11) is -1.41. The molecule has 0 spiro atoms. The zero-order valence-corrected chi connectivity index (χ0v) is 21.5. The first kappa shape index (κ1) is 26.6. The minimum atomic E-state index is -2.92. The fourth-order valence-electron chi connectivity index (χ4n) is 4.67. The van der Waals surface area contributed by atoms with Gasteiger partial charge < -0.3 is 19.7 Å². The molecule has 0 aliphatic carbocycles. The molecular formula is C25H29FN4O6S. The molecule has 1 saturated heterocycles. The maximum atomic E-state index is 13.5. The minimum absolute atomic E-state index is 0.0266. The van der Waals surface area contributed by atoms with Crippen molar-refractivity contribution >= 4 is 34.0 Å². The molecular weight excluding hydrogens is 503 g/mol. The van der Waals surface area contributed by atoms with Crippen LogP contribution < -0.4 is 5.32 Å². The number of benzene rings is 1. The number of nitrogens with one attached hydrogen (secondary N) is 1. The quantitative estimate of drug-likeness (QED) is 0.379. The molecule has 2 amide bonds. The third-order valence-electron chi connectivity index (χ3n) is 6.71. The molecule has 198 valence electrons. The highest BCUT2D eigenvalue weighted by Gasteiger charge is 2.27. The molecule has 0 radical (unpaired) electrons. The van der Waals surface area contributed by atoms with Gasteiger partial charge in [-0.15, -0.1) is 0 Å². The van der Waals surface area contributed by atoms with Gasteiger partial charge in [-0.2, -0.15) is 4.31 Å². The summed E-state index contributed by atoms with van der Waals surface area (Å²) < 4.78 is 45.1. The number of carbonyl (C=O) groups is 2. The molecule has 0 unspecified atom stereocenters. The molecule has 0 bridgehead atoms.